The van der Waals surface area contributed by atoms with Gasteiger partial charge in [-0.3, -0.25) is 4.98 Å². The van der Waals surface area contributed by atoms with Crippen LogP contribution in [0.25, 0.3) is 0 Å². The topological polar surface area (TPSA) is 51.0 Å². The van der Waals surface area contributed by atoms with Crippen molar-refractivity contribution < 1.29 is 4.42 Å². The minimum absolute atomic E-state index is 0.569. The van der Waals surface area contributed by atoms with Crippen molar-refractivity contribution in [2.75, 3.05) is 12.4 Å². The van der Waals surface area contributed by atoms with Crippen LogP contribution in [0.2, 0.25) is 0 Å². The highest BCUT2D eigenvalue weighted by Crippen LogP contribution is 2.10. The maximum Gasteiger partial charge on any atom is 0.294 e. The number of nitrogens with zero attached hydrogens (tertiary/aromatic N) is 2. The lowest BCUT2D eigenvalue weighted by molar-refractivity contribution is 0.518. The molecule has 0 radical (unpaired) electrons. The largest absolute Gasteiger partial charge is 0.429 e. The molecule has 0 saturated carbocycles. The van der Waals surface area contributed by atoms with Gasteiger partial charge < -0.3 is 9.73 Å². The van der Waals surface area contributed by atoms with Crippen LogP contribution in [0.1, 0.15) is 11.3 Å². The molecular formula is C11H13N3O. The smallest absolute Gasteiger partial charge is 0.294 e. The van der Waals surface area contributed by atoms with Gasteiger partial charge in [-0.2, -0.15) is 0 Å². The van der Waals surface area contributed by atoms with E-state index in [1.54, 1.807) is 25.6 Å². The Morgan fingerprint density at radius 1 is 1.27 bits per heavy atom. The molecule has 78 valence electrons. The van der Waals surface area contributed by atoms with Gasteiger partial charge in [0.15, 0.2) is 0 Å². The van der Waals surface area contributed by atoms with Gasteiger partial charge in [0.2, 0.25) is 0 Å². The van der Waals surface area contributed by atoms with Crippen LogP contribution in [0.4, 0.5) is 6.01 Å². The van der Waals surface area contributed by atoms with E-state index >= 15 is 0 Å². The molecular weight excluding hydrogens is 190 g/mol. The summed E-state index contributed by atoms with van der Waals surface area (Å²) in [4.78, 5) is 8.03. The van der Waals surface area contributed by atoms with Gasteiger partial charge in [-0.25, -0.2) is 4.98 Å². The summed E-state index contributed by atoms with van der Waals surface area (Å²) in [5.74, 6) is 0.899. The van der Waals surface area contributed by atoms with Gasteiger partial charge >= 0.3 is 0 Å². The Kier molecular flexibility index (Phi) is 2.97. The van der Waals surface area contributed by atoms with E-state index in [2.05, 4.69) is 15.3 Å². The van der Waals surface area contributed by atoms with E-state index in [-0.39, 0.29) is 0 Å². The summed E-state index contributed by atoms with van der Waals surface area (Å²) >= 11 is 0. The highest BCUT2D eigenvalue weighted by Gasteiger charge is 2.01. The second-order valence-corrected chi connectivity index (χ2v) is 3.24. The van der Waals surface area contributed by atoms with Crippen molar-refractivity contribution >= 4 is 6.01 Å². The molecule has 0 aliphatic rings. The van der Waals surface area contributed by atoms with Gasteiger partial charge in [0.25, 0.3) is 6.01 Å². The maximum absolute atomic E-state index is 5.42. The zero-order chi connectivity index (χ0) is 10.5. The van der Waals surface area contributed by atoms with Crippen molar-refractivity contribution in [2.45, 2.75) is 12.8 Å². The van der Waals surface area contributed by atoms with E-state index in [1.165, 1.54) is 5.56 Å². The monoisotopic (exact) mass is 203 g/mol. The Morgan fingerprint density at radius 2 is 2.07 bits per heavy atom. The zero-order valence-corrected chi connectivity index (χ0v) is 8.60. The number of nitrogens with one attached hydrogen (secondary N) is 1. The van der Waals surface area contributed by atoms with Crippen molar-refractivity contribution in [3.8, 4) is 0 Å². The van der Waals surface area contributed by atoms with Crippen molar-refractivity contribution in [1.29, 1.82) is 0 Å². The van der Waals surface area contributed by atoms with Crippen LogP contribution in [-0.4, -0.2) is 17.0 Å². The van der Waals surface area contributed by atoms with Gasteiger partial charge in [-0.1, -0.05) is 0 Å². The number of oxazole rings is 1. The third-order valence-corrected chi connectivity index (χ3v) is 2.18. The summed E-state index contributed by atoms with van der Waals surface area (Å²) in [7, 11) is 1.79. The van der Waals surface area contributed by atoms with Crippen LogP contribution >= 0.6 is 0 Å². The molecule has 0 fully saturated rings. The number of anilines is 1. The molecule has 0 aliphatic heterocycles. The molecule has 0 aliphatic carbocycles. The molecule has 0 amide bonds. The van der Waals surface area contributed by atoms with Gasteiger partial charge in [0, 0.05) is 25.9 Å². The first-order chi connectivity index (χ1) is 7.38. The first-order valence-corrected chi connectivity index (χ1v) is 4.90. The van der Waals surface area contributed by atoms with E-state index < -0.39 is 0 Å². The van der Waals surface area contributed by atoms with Crippen LogP contribution in [-0.2, 0) is 12.8 Å². The summed E-state index contributed by atoms with van der Waals surface area (Å²) in [6.45, 7) is 0. The number of hydrogen-bond acceptors (Lipinski definition) is 4. The van der Waals surface area contributed by atoms with Gasteiger partial charge in [0.05, 0.1) is 6.20 Å². The van der Waals surface area contributed by atoms with Crippen molar-refractivity contribution in [3.05, 3.63) is 42.0 Å². The molecule has 2 rings (SSSR count). The average molecular weight is 203 g/mol. The van der Waals surface area contributed by atoms with E-state index in [9.17, 15) is 0 Å². The zero-order valence-electron chi connectivity index (χ0n) is 8.60. The third kappa shape index (κ3) is 2.56. The van der Waals surface area contributed by atoms with Crippen molar-refractivity contribution in [3.63, 3.8) is 0 Å². The summed E-state index contributed by atoms with van der Waals surface area (Å²) in [5, 5.41) is 2.86. The van der Waals surface area contributed by atoms with Gasteiger partial charge in [-0.05, 0) is 24.1 Å². The number of hydrogen-bond donors (Lipinski definition) is 1. The Bertz CT molecular complexity index is 411. The van der Waals surface area contributed by atoms with Crippen LogP contribution in [0.15, 0.2) is 35.1 Å². The number of rotatable bonds is 4. The summed E-state index contributed by atoms with van der Waals surface area (Å²) in [6, 6.07) is 4.59. The molecule has 2 aromatic heterocycles. The molecule has 0 atom stereocenters. The fourth-order valence-electron chi connectivity index (χ4n) is 1.36. The molecule has 4 heteroatoms. The van der Waals surface area contributed by atoms with Crippen LogP contribution in [0, 0.1) is 0 Å². The first-order valence-electron chi connectivity index (χ1n) is 4.90. The number of aromatic nitrogens is 2. The Labute approximate surface area is 88.4 Å². The molecule has 0 spiro atoms. The quantitative estimate of drug-likeness (QED) is 0.824. The molecule has 15 heavy (non-hydrogen) atoms. The highest BCUT2D eigenvalue weighted by atomic mass is 16.4. The van der Waals surface area contributed by atoms with Crippen molar-refractivity contribution in [2.24, 2.45) is 0 Å². The number of pyridine rings is 1. The predicted octanol–water partition coefficient (Wildman–Crippen LogP) is 1.90. The van der Waals surface area contributed by atoms with E-state index in [1.807, 2.05) is 12.1 Å². The van der Waals surface area contributed by atoms with E-state index in [4.69, 9.17) is 4.42 Å². The molecule has 0 saturated heterocycles. The van der Waals surface area contributed by atoms with Crippen LogP contribution < -0.4 is 5.32 Å². The van der Waals surface area contributed by atoms with E-state index in [0.29, 0.717) is 6.01 Å². The lowest BCUT2D eigenvalue weighted by Gasteiger charge is -1.97. The Balaban J connectivity index is 1.93. The lowest BCUT2D eigenvalue weighted by atomic mass is 10.1. The van der Waals surface area contributed by atoms with Gasteiger partial charge in [-0.15, -0.1) is 0 Å². The lowest BCUT2D eigenvalue weighted by Crippen LogP contribution is -1.89. The molecule has 0 unspecified atom stereocenters. The van der Waals surface area contributed by atoms with Crippen molar-refractivity contribution in [1.82, 2.24) is 9.97 Å². The standard InChI is InChI=1S/C11H13N3O/c1-12-11-14-8-10(15-11)3-2-9-4-6-13-7-5-9/h4-8H,2-3H2,1H3,(H,12,14). The Hall–Kier alpha value is -1.84. The molecule has 0 aromatic carbocycles. The number of aryl methyl sites for hydroxylation is 2. The minimum Gasteiger partial charge on any atom is -0.429 e. The molecule has 1 N–H and O–H groups in total. The van der Waals surface area contributed by atoms with Gasteiger partial charge in [0.1, 0.15) is 5.76 Å². The minimum atomic E-state index is 0.569. The fraction of sp³-hybridized carbons (Fsp3) is 0.273. The second kappa shape index (κ2) is 4.59. The maximum atomic E-state index is 5.42. The highest BCUT2D eigenvalue weighted by molar-refractivity contribution is 5.19. The summed E-state index contributed by atoms with van der Waals surface area (Å²) < 4.78 is 5.42. The van der Waals surface area contributed by atoms with Crippen LogP contribution in [0.3, 0.4) is 0 Å². The summed E-state index contributed by atoms with van der Waals surface area (Å²) in [6.07, 6.45) is 7.16. The van der Waals surface area contributed by atoms with E-state index in [0.717, 1.165) is 18.6 Å². The fourth-order valence-corrected chi connectivity index (χ4v) is 1.36. The average Bonchev–Trinajstić information content (AvgIpc) is 2.76. The third-order valence-electron chi connectivity index (χ3n) is 2.18. The normalized spacial score (nSPS) is 10.2. The molecule has 2 heterocycles. The second-order valence-electron chi connectivity index (χ2n) is 3.24. The summed E-state index contributed by atoms with van der Waals surface area (Å²) in [5.41, 5.74) is 1.26. The first kappa shape index (κ1) is 9.71. The molecule has 4 nitrogen and oxygen atoms in total. The van der Waals surface area contributed by atoms with Crippen LogP contribution in [0.5, 0.6) is 0 Å². The Morgan fingerprint density at radius 3 is 2.73 bits per heavy atom. The predicted molar refractivity (Wildman–Crippen MR) is 57.7 cm³/mol. The molecule has 2 aromatic rings. The SMILES string of the molecule is CNc1ncc(CCc2ccncc2)o1. The molecule has 0 bridgehead atoms.